The van der Waals surface area contributed by atoms with Gasteiger partial charge in [0, 0.05) is 12.8 Å². The molecule has 0 N–H and O–H groups in total. The molecule has 1 aliphatic heterocycles. The van der Waals surface area contributed by atoms with Crippen molar-refractivity contribution in [2.24, 2.45) is 0 Å². The van der Waals surface area contributed by atoms with Crippen LogP contribution in [0.15, 0.2) is 12.3 Å². The van der Waals surface area contributed by atoms with Gasteiger partial charge < -0.3 is 0 Å². The van der Waals surface area contributed by atoms with E-state index in [2.05, 4.69) is 26.2 Å². The van der Waals surface area contributed by atoms with Crippen molar-refractivity contribution in [2.45, 2.75) is 19.8 Å². The van der Waals surface area contributed by atoms with Gasteiger partial charge in [-0.3, -0.25) is 4.48 Å². The van der Waals surface area contributed by atoms with E-state index in [0.717, 1.165) is 4.48 Å². The molecule has 1 heteroatoms. The molecule has 1 heterocycles. The Kier molecular flexibility index (Phi) is 1.91. The van der Waals surface area contributed by atoms with Gasteiger partial charge in [0.1, 0.15) is 0 Å². The molecule has 0 aromatic heterocycles. The van der Waals surface area contributed by atoms with Crippen LogP contribution in [0, 0.1) is 0 Å². The molecule has 0 aromatic carbocycles. The molecule has 0 unspecified atom stereocenters. The van der Waals surface area contributed by atoms with Gasteiger partial charge in [-0.05, 0) is 13.0 Å². The van der Waals surface area contributed by atoms with Crippen LogP contribution in [0.5, 0.6) is 0 Å². The number of allylic oxidation sites excluding steroid dienone is 1. The maximum absolute atomic E-state index is 2.30. The van der Waals surface area contributed by atoms with Crippen LogP contribution in [0.3, 0.4) is 0 Å². The number of likely N-dealkylation sites (tertiary alicyclic amines) is 1. The number of nitrogens with zero attached hydrogens (tertiary/aromatic N) is 1. The van der Waals surface area contributed by atoms with Crippen molar-refractivity contribution < 1.29 is 4.48 Å². The zero-order chi connectivity index (χ0) is 6.74. The molecular weight excluding hydrogens is 110 g/mol. The minimum atomic E-state index is 1.16. The van der Waals surface area contributed by atoms with E-state index >= 15 is 0 Å². The molecule has 0 spiro atoms. The van der Waals surface area contributed by atoms with Crippen LogP contribution < -0.4 is 0 Å². The average molecular weight is 126 g/mol. The Balaban J connectivity index is 2.51. The van der Waals surface area contributed by atoms with Crippen LogP contribution in [0.4, 0.5) is 0 Å². The maximum atomic E-state index is 2.30. The van der Waals surface area contributed by atoms with Gasteiger partial charge in [-0.1, -0.05) is 0 Å². The quantitative estimate of drug-likeness (QED) is 0.470. The molecule has 9 heavy (non-hydrogen) atoms. The second-order valence-corrected chi connectivity index (χ2v) is 3.12. The minimum absolute atomic E-state index is 1.16. The molecule has 52 valence electrons. The third-order valence-electron chi connectivity index (χ3n) is 2.10. The van der Waals surface area contributed by atoms with Gasteiger partial charge in [-0.2, -0.15) is 0 Å². The number of rotatable bonds is 1. The van der Waals surface area contributed by atoms with Crippen LogP contribution in [-0.2, 0) is 0 Å². The highest BCUT2D eigenvalue weighted by Crippen LogP contribution is 2.16. The summed E-state index contributed by atoms with van der Waals surface area (Å²) < 4.78 is 1.16. The van der Waals surface area contributed by atoms with E-state index in [1.54, 1.807) is 0 Å². The lowest BCUT2D eigenvalue weighted by Gasteiger charge is -2.23. The van der Waals surface area contributed by atoms with Gasteiger partial charge >= 0.3 is 0 Å². The number of hydrogen-bond acceptors (Lipinski definition) is 0. The number of quaternary nitrogens is 1. The minimum Gasteiger partial charge on any atom is -0.300 e. The first-order valence-corrected chi connectivity index (χ1v) is 3.75. The molecule has 0 saturated carbocycles. The van der Waals surface area contributed by atoms with E-state index in [4.69, 9.17) is 0 Å². The van der Waals surface area contributed by atoms with E-state index in [0.29, 0.717) is 0 Å². The summed E-state index contributed by atoms with van der Waals surface area (Å²) in [4.78, 5) is 0. The van der Waals surface area contributed by atoms with Crippen LogP contribution in [-0.4, -0.2) is 24.6 Å². The van der Waals surface area contributed by atoms with Gasteiger partial charge in [0.25, 0.3) is 0 Å². The normalized spacial score (nSPS) is 25.6. The average Bonchev–Trinajstić information content (AvgIpc) is 2.16. The maximum Gasteiger partial charge on any atom is 0.0913 e. The highest BCUT2D eigenvalue weighted by Gasteiger charge is 2.23. The second-order valence-electron chi connectivity index (χ2n) is 3.12. The third-order valence-corrected chi connectivity index (χ3v) is 2.10. The van der Waals surface area contributed by atoms with Gasteiger partial charge in [0.2, 0.25) is 0 Å². The highest BCUT2D eigenvalue weighted by atomic mass is 15.3. The molecule has 1 fully saturated rings. The van der Waals surface area contributed by atoms with Crippen LogP contribution in [0.25, 0.3) is 0 Å². The summed E-state index contributed by atoms with van der Waals surface area (Å²) >= 11 is 0. The molecule has 0 atom stereocenters. The molecule has 0 amide bonds. The standard InChI is InChI=1S/C8H16N/c1-3-6-9(2)7-4-5-8-9/h3,6H,4-5,7-8H2,1-2H3/q+1/b6-3+. The van der Waals surface area contributed by atoms with Crippen molar-refractivity contribution in [1.29, 1.82) is 0 Å². The summed E-state index contributed by atoms with van der Waals surface area (Å²) in [5.74, 6) is 0. The second kappa shape index (κ2) is 2.53. The molecule has 1 saturated heterocycles. The topological polar surface area (TPSA) is 0 Å². The van der Waals surface area contributed by atoms with E-state index in [-0.39, 0.29) is 0 Å². The van der Waals surface area contributed by atoms with E-state index < -0.39 is 0 Å². The molecule has 0 aromatic rings. The van der Waals surface area contributed by atoms with Gasteiger partial charge in [-0.15, -0.1) is 0 Å². The molecule has 1 nitrogen and oxygen atoms in total. The van der Waals surface area contributed by atoms with E-state index in [1.165, 1.54) is 25.9 Å². The van der Waals surface area contributed by atoms with Gasteiger partial charge in [-0.25, -0.2) is 0 Å². The van der Waals surface area contributed by atoms with Crippen LogP contribution in [0.1, 0.15) is 19.8 Å². The first-order chi connectivity index (χ1) is 4.27. The fraction of sp³-hybridized carbons (Fsp3) is 0.750. The predicted octanol–water partition coefficient (Wildman–Crippen LogP) is 1.76. The van der Waals surface area contributed by atoms with Gasteiger partial charge in [0.05, 0.1) is 26.3 Å². The summed E-state index contributed by atoms with van der Waals surface area (Å²) in [6, 6.07) is 0. The van der Waals surface area contributed by atoms with Crippen molar-refractivity contribution >= 4 is 0 Å². The zero-order valence-corrected chi connectivity index (χ0v) is 6.43. The summed E-state index contributed by atoms with van der Waals surface area (Å²) in [6.07, 6.45) is 7.26. The fourth-order valence-electron chi connectivity index (χ4n) is 1.57. The van der Waals surface area contributed by atoms with Crippen molar-refractivity contribution in [1.82, 2.24) is 0 Å². The summed E-state index contributed by atoms with van der Waals surface area (Å²) in [6.45, 7) is 4.77. The lowest BCUT2D eigenvalue weighted by atomic mass is 10.4. The Labute approximate surface area is 57.6 Å². The van der Waals surface area contributed by atoms with Crippen molar-refractivity contribution in [3.05, 3.63) is 12.3 Å². The van der Waals surface area contributed by atoms with E-state index in [1.807, 2.05) is 0 Å². The lowest BCUT2D eigenvalue weighted by molar-refractivity contribution is -0.846. The molecular formula is C8H16N+. The Morgan fingerprint density at radius 3 is 2.22 bits per heavy atom. The van der Waals surface area contributed by atoms with Crippen molar-refractivity contribution in [3.63, 3.8) is 0 Å². The molecule has 0 aliphatic carbocycles. The highest BCUT2D eigenvalue weighted by molar-refractivity contribution is 4.69. The summed E-state index contributed by atoms with van der Waals surface area (Å²) in [5, 5.41) is 0. The zero-order valence-electron chi connectivity index (χ0n) is 6.43. The fourth-order valence-corrected chi connectivity index (χ4v) is 1.57. The number of hydrogen-bond donors (Lipinski definition) is 0. The van der Waals surface area contributed by atoms with Crippen molar-refractivity contribution in [2.75, 3.05) is 20.1 Å². The lowest BCUT2D eigenvalue weighted by Crippen LogP contribution is -2.33. The molecule has 1 aliphatic rings. The van der Waals surface area contributed by atoms with Gasteiger partial charge in [0.15, 0.2) is 0 Å². The monoisotopic (exact) mass is 126 g/mol. The van der Waals surface area contributed by atoms with E-state index in [9.17, 15) is 0 Å². The third kappa shape index (κ3) is 1.55. The van der Waals surface area contributed by atoms with Crippen molar-refractivity contribution in [3.8, 4) is 0 Å². The molecule has 0 radical (unpaired) electrons. The first kappa shape index (κ1) is 6.81. The molecule has 0 bridgehead atoms. The first-order valence-electron chi connectivity index (χ1n) is 3.75. The SMILES string of the molecule is C/C=C/[N+]1(C)CCCC1. The predicted molar refractivity (Wildman–Crippen MR) is 40.0 cm³/mol. The summed E-state index contributed by atoms with van der Waals surface area (Å²) in [5.41, 5.74) is 0. The molecule has 1 rings (SSSR count). The Morgan fingerprint density at radius 2 is 1.78 bits per heavy atom. The Morgan fingerprint density at radius 1 is 1.22 bits per heavy atom. The summed E-state index contributed by atoms with van der Waals surface area (Å²) in [7, 11) is 2.30. The Bertz CT molecular complexity index is 110. The Hall–Kier alpha value is -0.300. The van der Waals surface area contributed by atoms with Crippen LogP contribution >= 0.6 is 0 Å². The largest absolute Gasteiger partial charge is 0.300 e. The van der Waals surface area contributed by atoms with Crippen LogP contribution in [0.2, 0.25) is 0 Å². The smallest absolute Gasteiger partial charge is 0.0913 e.